The number of rotatable bonds is 12. The molecule has 0 aliphatic carbocycles. The van der Waals surface area contributed by atoms with Crippen molar-refractivity contribution in [1.29, 1.82) is 0 Å². The van der Waals surface area contributed by atoms with E-state index in [1.165, 1.54) is 0 Å². The van der Waals surface area contributed by atoms with Gasteiger partial charge in [-0.1, -0.05) is 52.4 Å². The van der Waals surface area contributed by atoms with Crippen molar-refractivity contribution in [1.82, 2.24) is 0 Å². The maximum atomic E-state index is 11.1. The van der Waals surface area contributed by atoms with Crippen LogP contribution in [0, 0.1) is 0 Å². The van der Waals surface area contributed by atoms with Crippen LogP contribution in [-0.4, -0.2) is 29.4 Å². The number of hydrogen-bond donors (Lipinski definition) is 1. The van der Waals surface area contributed by atoms with Gasteiger partial charge in [0.05, 0.1) is 16.2 Å². The van der Waals surface area contributed by atoms with Crippen molar-refractivity contribution < 1.29 is 47.6 Å². The van der Waals surface area contributed by atoms with Crippen molar-refractivity contribution in [2.75, 3.05) is 0 Å². The van der Waals surface area contributed by atoms with Gasteiger partial charge in [-0.05, 0) is 25.7 Å². The monoisotopic (exact) mass is 316 g/mol. The number of aliphatic hydroxyl groups excluding tert-OH is 1. The first-order chi connectivity index (χ1) is 8.91. The molecule has 4 nitrogen and oxygen atoms in total. The summed E-state index contributed by atoms with van der Waals surface area (Å²) in [5, 5.41) is 8.68. The van der Waals surface area contributed by atoms with Gasteiger partial charge in [0.2, 0.25) is 0 Å². The molecule has 0 rings (SSSR count). The predicted octanol–water partition coefficient (Wildman–Crippen LogP) is 0.206. The summed E-state index contributed by atoms with van der Waals surface area (Å²) < 4.78 is 33.4. The van der Waals surface area contributed by atoms with Crippen LogP contribution in [0.25, 0.3) is 0 Å². The zero-order valence-electron chi connectivity index (χ0n) is 13.3. The first-order valence-electron chi connectivity index (χ1n) is 7.54. The molecule has 0 radical (unpaired) electrons. The first kappa shape index (κ1) is 23.1. The van der Waals surface area contributed by atoms with Crippen LogP contribution in [0.1, 0.15) is 78.1 Å². The van der Waals surface area contributed by atoms with E-state index < -0.39 is 15.4 Å². The second-order valence-electron chi connectivity index (χ2n) is 5.31. The van der Waals surface area contributed by atoms with Crippen LogP contribution < -0.4 is 29.6 Å². The molecule has 0 aromatic rings. The van der Waals surface area contributed by atoms with E-state index in [1.54, 1.807) is 0 Å². The summed E-state index contributed by atoms with van der Waals surface area (Å²) in [5.41, 5.74) is 0. The predicted molar refractivity (Wildman–Crippen MR) is 77.0 cm³/mol. The van der Waals surface area contributed by atoms with E-state index in [0.717, 1.165) is 51.4 Å². The summed E-state index contributed by atoms with van der Waals surface area (Å²) in [5.74, 6) is 0. The molecular formula is C14H29NaO4S. The van der Waals surface area contributed by atoms with E-state index >= 15 is 0 Å². The Kier molecular flexibility index (Phi) is 15.7. The van der Waals surface area contributed by atoms with Crippen LogP contribution in [-0.2, 0) is 10.1 Å². The fourth-order valence-electron chi connectivity index (χ4n) is 2.19. The Bertz CT molecular complexity index is 306. The molecule has 6 heteroatoms. The van der Waals surface area contributed by atoms with Crippen LogP contribution in [0.3, 0.4) is 0 Å². The van der Waals surface area contributed by atoms with Gasteiger partial charge < -0.3 is 9.66 Å². The van der Waals surface area contributed by atoms with E-state index in [2.05, 4.69) is 6.92 Å². The number of hydrogen-bond acceptors (Lipinski definition) is 4. The summed E-state index contributed by atoms with van der Waals surface area (Å²) in [6.07, 6.45) is 7.61. The van der Waals surface area contributed by atoms with Crippen molar-refractivity contribution >= 4 is 10.1 Å². The molecule has 1 N–H and O–H groups in total. The maximum Gasteiger partial charge on any atom is 1.00 e. The molecule has 0 aromatic carbocycles. The summed E-state index contributed by atoms with van der Waals surface area (Å²) in [7, 11) is -4.15. The Morgan fingerprint density at radius 3 is 1.90 bits per heavy atom. The van der Waals surface area contributed by atoms with Crippen molar-refractivity contribution in [2.45, 2.75) is 89.4 Å². The molecule has 0 aliphatic rings. The van der Waals surface area contributed by atoms with Gasteiger partial charge in [-0.25, -0.2) is 8.42 Å². The number of aliphatic hydroxyl groups is 1. The molecule has 20 heavy (non-hydrogen) atoms. The third kappa shape index (κ3) is 12.6. The van der Waals surface area contributed by atoms with Crippen molar-refractivity contribution in [2.24, 2.45) is 0 Å². The van der Waals surface area contributed by atoms with Crippen LogP contribution in [0.15, 0.2) is 0 Å². The van der Waals surface area contributed by atoms with E-state index in [0.29, 0.717) is 12.8 Å². The van der Waals surface area contributed by atoms with Gasteiger partial charge in [-0.2, -0.15) is 0 Å². The molecule has 0 bridgehead atoms. The molecule has 0 spiro atoms. The maximum absolute atomic E-state index is 11.1. The van der Waals surface area contributed by atoms with Crippen LogP contribution in [0.2, 0.25) is 0 Å². The fourth-order valence-corrected chi connectivity index (χ4v) is 3.10. The topological polar surface area (TPSA) is 77.4 Å². The zero-order chi connectivity index (χ0) is 14.7. The molecule has 116 valence electrons. The standard InChI is InChI=1S/C14H30O4S.Na/c1-3-5-7-11-14(19(16,17)18)12-9-6-8-10-13(15)4-2;/h13-15H,3-12H2,1-2H3,(H,16,17,18);/q;+1/p-1. The Labute approximate surface area is 146 Å². The summed E-state index contributed by atoms with van der Waals surface area (Å²) >= 11 is 0. The quantitative estimate of drug-likeness (QED) is 0.317. The summed E-state index contributed by atoms with van der Waals surface area (Å²) in [6.45, 7) is 4.00. The average molecular weight is 316 g/mol. The molecule has 2 unspecified atom stereocenters. The first-order valence-corrected chi connectivity index (χ1v) is 9.01. The summed E-state index contributed by atoms with van der Waals surface area (Å²) in [6, 6.07) is 0. The minimum atomic E-state index is -4.15. The fraction of sp³-hybridized carbons (Fsp3) is 1.00. The molecule has 2 atom stereocenters. The molecule has 0 heterocycles. The van der Waals surface area contributed by atoms with E-state index in [9.17, 15) is 18.1 Å². The van der Waals surface area contributed by atoms with Gasteiger partial charge in [0, 0.05) is 5.25 Å². The molecule has 0 amide bonds. The van der Waals surface area contributed by atoms with Gasteiger partial charge in [0.15, 0.2) is 0 Å². The van der Waals surface area contributed by atoms with Crippen molar-refractivity contribution in [3.05, 3.63) is 0 Å². The second-order valence-corrected chi connectivity index (χ2v) is 6.96. The van der Waals surface area contributed by atoms with Gasteiger partial charge in [0.1, 0.15) is 0 Å². The van der Waals surface area contributed by atoms with Crippen LogP contribution in [0.5, 0.6) is 0 Å². The van der Waals surface area contributed by atoms with Crippen molar-refractivity contribution in [3.63, 3.8) is 0 Å². The molecular weight excluding hydrogens is 287 g/mol. The Morgan fingerprint density at radius 1 is 0.950 bits per heavy atom. The SMILES string of the molecule is CCCCCC(CCCCCC(O)CC)S(=O)(=O)[O-].[Na+]. The Hall–Kier alpha value is 0.870. The van der Waals surface area contributed by atoms with Crippen molar-refractivity contribution in [3.8, 4) is 0 Å². The second kappa shape index (κ2) is 13.5. The third-order valence-electron chi connectivity index (χ3n) is 3.57. The third-order valence-corrected chi connectivity index (χ3v) is 4.86. The van der Waals surface area contributed by atoms with Crippen LogP contribution in [0.4, 0.5) is 0 Å². The molecule has 0 aliphatic heterocycles. The summed E-state index contributed by atoms with van der Waals surface area (Å²) in [4.78, 5) is 0. The van der Waals surface area contributed by atoms with E-state index in [1.807, 2.05) is 6.92 Å². The Morgan fingerprint density at radius 2 is 1.45 bits per heavy atom. The smallest absolute Gasteiger partial charge is 0.748 e. The molecule has 0 fully saturated rings. The van der Waals surface area contributed by atoms with Crippen LogP contribution >= 0.6 is 0 Å². The van der Waals surface area contributed by atoms with Gasteiger partial charge >= 0.3 is 29.6 Å². The van der Waals surface area contributed by atoms with E-state index in [4.69, 9.17) is 0 Å². The normalized spacial score (nSPS) is 14.6. The zero-order valence-corrected chi connectivity index (χ0v) is 16.1. The molecule has 0 saturated heterocycles. The van der Waals surface area contributed by atoms with Gasteiger partial charge in [-0.3, -0.25) is 0 Å². The largest absolute Gasteiger partial charge is 1.00 e. The average Bonchev–Trinajstić information content (AvgIpc) is 2.34. The van der Waals surface area contributed by atoms with Gasteiger partial charge in [-0.15, -0.1) is 0 Å². The number of unbranched alkanes of at least 4 members (excludes halogenated alkanes) is 4. The minimum absolute atomic E-state index is 0. The minimum Gasteiger partial charge on any atom is -0.748 e. The molecule has 0 aromatic heterocycles. The van der Waals surface area contributed by atoms with Gasteiger partial charge in [0.25, 0.3) is 0 Å². The van der Waals surface area contributed by atoms with E-state index in [-0.39, 0.29) is 35.7 Å². The molecule has 0 saturated carbocycles. The Balaban J connectivity index is 0.